The Morgan fingerprint density at radius 1 is 1.31 bits per heavy atom. The minimum Gasteiger partial charge on any atom is -0.444 e. The zero-order valence-corrected chi connectivity index (χ0v) is 10.2. The molecule has 1 heterocycles. The van der Waals surface area contributed by atoms with E-state index in [-0.39, 0.29) is 6.54 Å². The first kappa shape index (κ1) is 13.2. The number of carbonyl (C=O) groups is 1. The highest BCUT2D eigenvalue weighted by Gasteiger charge is 2.41. The number of halogens is 2. The molecule has 5 heteroatoms. The van der Waals surface area contributed by atoms with Gasteiger partial charge in [0, 0.05) is 19.0 Å². The average Bonchev–Trinajstić information content (AvgIpc) is 2.46. The Balaban J connectivity index is 2.51. The number of carbonyl (C=O) groups excluding carboxylic acids is 1. The monoisotopic (exact) mass is 235 g/mol. The third kappa shape index (κ3) is 3.61. The van der Waals surface area contributed by atoms with Crippen molar-refractivity contribution in [3.8, 4) is 0 Å². The lowest BCUT2D eigenvalue weighted by molar-refractivity contribution is -0.0361. The molecule has 3 nitrogen and oxygen atoms in total. The number of hydrogen-bond donors (Lipinski definition) is 0. The van der Waals surface area contributed by atoms with E-state index < -0.39 is 23.5 Å². The van der Waals surface area contributed by atoms with Gasteiger partial charge >= 0.3 is 6.09 Å². The van der Waals surface area contributed by atoms with E-state index in [1.807, 2.05) is 0 Å². The lowest BCUT2D eigenvalue weighted by Crippen LogP contribution is -2.36. The van der Waals surface area contributed by atoms with Crippen LogP contribution in [0.4, 0.5) is 13.6 Å². The second kappa shape index (κ2) is 4.18. The molecule has 1 aliphatic rings. The van der Waals surface area contributed by atoms with E-state index in [0.29, 0.717) is 13.0 Å². The van der Waals surface area contributed by atoms with Crippen molar-refractivity contribution in [3.63, 3.8) is 0 Å². The molecule has 94 valence electrons. The van der Waals surface area contributed by atoms with Crippen LogP contribution in [-0.2, 0) is 4.74 Å². The predicted octanol–water partition coefficient (Wildman–Crippen LogP) is 2.90. The van der Waals surface area contributed by atoms with E-state index in [4.69, 9.17) is 4.74 Å². The average molecular weight is 235 g/mol. The minimum absolute atomic E-state index is 0.0818. The van der Waals surface area contributed by atoms with Crippen LogP contribution in [0.3, 0.4) is 0 Å². The number of hydrogen-bond acceptors (Lipinski definition) is 2. The van der Waals surface area contributed by atoms with Gasteiger partial charge < -0.3 is 9.64 Å². The number of amides is 1. The van der Waals surface area contributed by atoms with Gasteiger partial charge in [0.2, 0.25) is 5.92 Å². The van der Waals surface area contributed by atoms with E-state index in [9.17, 15) is 13.6 Å². The van der Waals surface area contributed by atoms with E-state index in [2.05, 4.69) is 0 Å². The predicted molar refractivity (Wildman–Crippen MR) is 56.5 cm³/mol. The van der Waals surface area contributed by atoms with Crippen LogP contribution in [0.15, 0.2) is 0 Å². The molecular weight excluding hydrogens is 216 g/mol. The van der Waals surface area contributed by atoms with Crippen LogP contribution in [0.25, 0.3) is 0 Å². The Bertz CT molecular complexity index is 268. The molecule has 0 aromatic carbocycles. The number of nitrogens with zero attached hydrogens (tertiary/aromatic N) is 1. The van der Waals surface area contributed by atoms with Crippen LogP contribution in [-0.4, -0.2) is 35.6 Å². The fourth-order valence-electron chi connectivity index (χ4n) is 1.67. The first-order valence-electron chi connectivity index (χ1n) is 5.45. The number of ether oxygens (including phenoxy) is 1. The van der Waals surface area contributed by atoms with E-state index >= 15 is 0 Å². The summed E-state index contributed by atoms with van der Waals surface area (Å²) in [5, 5.41) is 0. The molecule has 1 saturated heterocycles. The largest absolute Gasteiger partial charge is 0.444 e. The first-order valence-corrected chi connectivity index (χ1v) is 5.45. The summed E-state index contributed by atoms with van der Waals surface area (Å²) < 4.78 is 31.2. The highest BCUT2D eigenvalue weighted by atomic mass is 19.3. The van der Waals surface area contributed by atoms with Gasteiger partial charge in [-0.05, 0) is 34.1 Å². The van der Waals surface area contributed by atoms with Crippen molar-refractivity contribution in [1.29, 1.82) is 0 Å². The fraction of sp³-hybridized carbons (Fsp3) is 0.909. The molecule has 1 aliphatic heterocycles. The summed E-state index contributed by atoms with van der Waals surface area (Å²) in [6, 6.07) is 0. The topological polar surface area (TPSA) is 29.5 Å². The molecule has 0 radical (unpaired) electrons. The summed E-state index contributed by atoms with van der Waals surface area (Å²) in [5.74, 6) is -3.48. The summed E-state index contributed by atoms with van der Waals surface area (Å²) in [6.45, 7) is 6.60. The van der Waals surface area contributed by atoms with Crippen molar-refractivity contribution in [1.82, 2.24) is 4.90 Å². The van der Waals surface area contributed by atoms with Crippen LogP contribution in [0, 0.1) is 5.92 Å². The quantitative estimate of drug-likeness (QED) is 0.699. The van der Waals surface area contributed by atoms with Gasteiger partial charge in [-0.15, -0.1) is 0 Å². The molecule has 0 spiro atoms. The van der Waals surface area contributed by atoms with Crippen LogP contribution < -0.4 is 0 Å². The van der Waals surface area contributed by atoms with E-state index in [1.165, 1.54) is 4.90 Å². The van der Waals surface area contributed by atoms with Crippen LogP contribution in [0.2, 0.25) is 0 Å². The van der Waals surface area contributed by atoms with Gasteiger partial charge in [-0.2, -0.15) is 0 Å². The molecule has 1 amide bonds. The normalized spacial score (nSPS) is 22.4. The highest BCUT2D eigenvalue weighted by molar-refractivity contribution is 5.68. The third-order valence-electron chi connectivity index (χ3n) is 2.56. The molecule has 0 N–H and O–H groups in total. The Morgan fingerprint density at radius 2 is 1.88 bits per heavy atom. The van der Waals surface area contributed by atoms with Gasteiger partial charge in [-0.1, -0.05) is 0 Å². The highest BCUT2D eigenvalue weighted by Crippen LogP contribution is 2.32. The molecule has 0 aliphatic carbocycles. The molecular formula is C11H19F2NO2. The minimum atomic E-state index is -2.73. The molecule has 1 atom stereocenters. The summed E-state index contributed by atoms with van der Waals surface area (Å²) in [6.07, 6.45) is -0.165. The number of rotatable bonds is 1. The third-order valence-corrected chi connectivity index (χ3v) is 2.56. The smallest absolute Gasteiger partial charge is 0.410 e. The van der Waals surface area contributed by atoms with Gasteiger partial charge in [-0.3, -0.25) is 0 Å². The standard InChI is InChI=1S/C11H19F2NO2/c1-10(2,3)16-9(15)14-6-5-8(7-14)11(4,12)13/h8H,5-7H2,1-4H3/t8-/m1/s1. The maximum absolute atomic E-state index is 13.0. The van der Waals surface area contributed by atoms with Crippen molar-refractivity contribution in [2.75, 3.05) is 13.1 Å². The van der Waals surface area contributed by atoms with Crippen molar-refractivity contribution < 1.29 is 18.3 Å². The second-order valence-corrected chi connectivity index (χ2v) is 5.37. The van der Waals surface area contributed by atoms with Gasteiger partial charge in [0.25, 0.3) is 0 Å². The molecule has 16 heavy (non-hydrogen) atoms. The zero-order valence-electron chi connectivity index (χ0n) is 10.2. The molecule has 0 saturated carbocycles. The maximum atomic E-state index is 13.0. The van der Waals surface area contributed by atoms with Gasteiger partial charge in [0.15, 0.2) is 0 Å². The van der Waals surface area contributed by atoms with Crippen molar-refractivity contribution in [2.45, 2.75) is 45.6 Å². The summed E-state index contributed by atoms with van der Waals surface area (Å²) >= 11 is 0. The molecule has 1 fully saturated rings. The van der Waals surface area contributed by atoms with Crippen molar-refractivity contribution in [2.24, 2.45) is 5.92 Å². The van der Waals surface area contributed by atoms with Gasteiger partial charge in [0.05, 0.1) is 0 Å². The Kier molecular flexibility index (Phi) is 3.45. The van der Waals surface area contributed by atoms with E-state index in [1.54, 1.807) is 20.8 Å². The van der Waals surface area contributed by atoms with Gasteiger partial charge in [-0.25, -0.2) is 13.6 Å². The van der Waals surface area contributed by atoms with Crippen LogP contribution >= 0.6 is 0 Å². The van der Waals surface area contributed by atoms with Crippen molar-refractivity contribution >= 4 is 6.09 Å². The fourth-order valence-corrected chi connectivity index (χ4v) is 1.67. The van der Waals surface area contributed by atoms with Crippen LogP contribution in [0.1, 0.15) is 34.1 Å². The Labute approximate surface area is 94.7 Å². The SMILES string of the molecule is CC(C)(C)OC(=O)N1CC[C@@H](C(C)(F)F)C1. The zero-order chi connectivity index (χ0) is 12.6. The van der Waals surface area contributed by atoms with Crippen molar-refractivity contribution in [3.05, 3.63) is 0 Å². The molecule has 0 unspecified atom stereocenters. The Morgan fingerprint density at radius 3 is 2.25 bits per heavy atom. The first-order chi connectivity index (χ1) is 7.09. The van der Waals surface area contributed by atoms with E-state index in [0.717, 1.165) is 6.92 Å². The summed E-state index contributed by atoms with van der Waals surface area (Å²) in [5.41, 5.74) is -0.579. The second-order valence-electron chi connectivity index (χ2n) is 5.37. The lowest BCUT2D eigenvalue weighted by Gasteiger charge is -2.25. The summed E-state index contributed by atoms with van der Waals surface area (Å²) in [4.78, 5) is 12.9. The van der Waals surface area contributed by atoms with Crippen LogP contribution in [0.5, 0.6) is 0 Å². The number of likely N-dealkylation sites (tertiary alicyclic amines) is 1. The molecule has 1 rings (SSSR count). The maximum Gasteiger partial charge on any atom is 0.410 e. The molecule has 0 bridgehead atoms. The Hall–Kier alpha value is -0.870. The number of alkyl halides is 2. The summed E-state index contributed by atoms with van der Waals surface area (Å²) in [7, 11) is 0. The molecule has 0 aromatic rings. The lowest BCUT2D eigenvalue weighted by atomic mass is 10.0. The molecule has 0 aromatic heterocycles. The van der Waals surface area contributed by atoms with Gasteiger partial charge in [0.1, 0.15) is 5.60 Å².